The second-order valence-electron chi connectivity index (χ2n) is 9.93. The summed E-state index contributed by atoms with van der Waals surface area (Å²) in [5.41, 5.74) is 2.10. The van der Waals surface area contributed by atoms with E-state index >= 15 is 4.39 Å². The first-order valence-corrected chi connectivity index (χ1v) is 13.6. The number of nitrogens with zero attached hydrogens (tertiary/aromatic N) is 3. The van der Waals surface area contributed by atoms with Crippen molar-refractivity contribution in [1.82, 2.24) is 20.5 Å². The molecule has 0 saturated carbocycles. The van der Waals surface area contributed by atoms with Crippen molar-refractivity contribution in [3.63, 3.8) is 0 Å². The van der Waals surface area contributed by atoms with Crippen LogP contribution in [-0.4, -0.2) is 59.6 Å². The summed E-state index contributed by atoms with van der Waals surface area (Å²) in [7, 11) is 0. The number of piperazine rings is 1. The maximum Gasteiger partial charge on any atom is 0.257 e. The molecule has 1 aliphatic heterocycles. The van der Waals surface area contributed by atoms with Crippen molar-refractivity contribution in [2.24, 2.45) is 0 Å². The zero-order chi connectivity index (χ0) is 29.0. The minimum Gasteiger partial charge on any atom is -0.353 e. The topological polar surface area (TPSA) is 94.6 Å². The predicted molar refractivity (Wildman–Crippen MR) is 156 cm³/mol. The Bertz CT molecular complexity index is 1540. The van der Waals surface area contributed by atoms with E-state index in [1.54, 1.807) is 48.2 Å². The van der Waals surface area contributed by atoms with Gasteiger partial charge in [0, 0.05) is 61.4 Å². The van der Waals surface area contributed by atoms with Gasteiger partial charge >= 0.3 is 0 Å². The summed E-state index contributed by atoms with van der Waals surface area (Å²) in [6.07, 6.45) is 4.02. The van der Waals surface area contributed by atoms with E-state index in [4.69, 9.17) is 16.6 Å². The Morgan fingerprint density at radius 1 is 0.951 bits per heavy atom. The fourth-order valence-corrected chi connectivity index (χ4v) is 5.05. The molecular weight excluding hydrogens is 545 g/mol. The molecule has 1 saturated heterocycles. The van der Waals surface area contributed by atoms with Crippen LogP contribution >= 0.6 is 11.6 Å². The van der Waals surface area contributed by atoms with Crippen LogP contribution in [0.15, 0.2) is 90.7 Å². The highest BCUT2D eigenvalue weighted by molar-refractivity contribution is 6.31. The normalized spacial score (nSPS) is 18.5. The molecule has 1 unspecified atom stereocenters. The number of nitrogens with one attached hydrogen (secondary N) is 2. The van der Waals surface area contributed by atoms with E-state index < -0.39 is 17.6 Å². The van der Waals surface area contributed by atoms with E-state index in [0.717, 1.165) is 5.56 Å². The van der Waals surface area contributed by atoms with Gasteiger partial charge in [-0.25, -0.2) is 9.37 Å². The van der Waals surface area contributed by atoms with Gasteiger partial charge in [0.05, 0.1) is 11.3 Å². The van der Waals surface area contributed by atoms with Gasteiger partial charge in [-0.05, 0) is 42.5 Å². The zero-order valence-corrected chi connectivity index (χ0v) is 23.2. The molecule has 5 rings (SSSR count). The summed E-state index contributed by atoms with van der Waals surface area (Å²) in [4.78, 5) is 46.6. The number of rotatable bonds is 6. The van der Waals surface area contributed by atoms with Crippen LogP contribution in [0.4, 0.5) is 10.2 Å². The maximum atomic E-state index is 15.7. The molecule has 0 spiro atoms. The number of hydrogen-bond acceptors (Lipinski definition) is 5. The fourth-order valence-electron chi connectivity index (χ4n) is 4.86. The van der Waals surface area contributed by atoms with Gasteiger partial charge in [0.2, 0.25) is 11.7 Å². The Balaban J connectivity index is 1.33. The Kier molecular flexibility index (Phi) is 8.16. The van der Waals surface area contributed by atoms with Gasteiger partial charge in [-0.3, -0.25) is 14.4 Å². The second kappa shape index (κ2) is 11.9. The number of carbonyl (C=O) groups is 3. The Hall–Kier alpha value is -4.50. The molecule has 3 aromatic rings. The number of hydrogen-bond donors (Lipinski definition) is 2. The number of benzene rings is 2. The van der Waals surface area contributed by atoms with Crippen molar-refractivity contribution in [2.75, 3.05) is 31.1 Å². The lowest BCUT2D eigenvalue weighted by molar-refractivity contribution is -0.129. The van der Waals surface area contributed by atoms with Crippen molar-refractivity contribution >= 4 is 35.1 Å². The molecule has 1 atom stereocenters. The molecule has 3 amide bonds. The van der Waals surface area contributed by atoms with Gasteiger partial charge in [-0.2, -0.15) is 0 Å². The lowest BCUT2D eigenvalue weighted by Gasteiger charge is -2.35. The smallest absolute Gasteiger partial charge is 0.257 e. The van der Waals surface area contributed by atoms with E-state index in [-0.39, 0.29) is 17.9 Å². The Morgan fingerprint density at radius 2 is 1.71 bits per heavy atom. The van der Waals surface area contributed by atoms with E-state index in [2.05, 4.69) is 15.5 Å². The molecule has 0 radical (unpaired) electrons. The van der Waals surface area contributed by atoms with Gasteiger partial charge in [-0.1, -0.05) is 54.1 Å². The zero-order valence-electron chi connectivity index (χ0n) is 22.4. The van der Waals surface area contributed by atoms with Gasteiger partial charge in [0.25, 0.3) is 11.8 Å². The molecule has 2 aliphatic rings. The third kappa shape index (κ3) is 6.63. The Labute approximate surface area is 242 Å². The van der Waals surface area contributed by atoms with Crippen molar-refractivity contribution < 1.29 is 18.8 Å². The Morgan fingerprint density at radius 3 is 2.41 bits per heavy atom. The summed E-state index contributed by atoms with van der Waals surface area (Å²) in [6.45, 7) is 4.02. The first-order chi connectivity index (χ1) is 19.7. The molecule has 210 valence electrons. The molecular formula is C31H29ClFN5O3. The minimum atomic E-state index is -2.21. The summed E-state index contributed by atoms with van der Waals surface area (Å²) < 4.78 is 15.7. The standard InChI is InChI=1S/C31H29ClFN5O3/c1-21(39)37-15-17-38(18-16-37)27-13-12-26(28(35-27)22-7-3-2-4-8-22)30(41)34-25-11-6-14-31(33,20-25)36-29(40)23-9-5-10-24(32)19-23/h2-14,19H,15-18,20H2,1H3,(H,34,41)(H,36,40). The maximum absolute atomic E-state index is 15.7. The van der Waals surface area contributed by atoms with Crippen LogP contribution in [0.1, 0.15) is 34.1 Å². The van der Waals surface area contributed by atoms with Crippen LogP contribution in [0.3, 0.4) is 0 Å². The highest BCUT2D eigenvalue weighted by Gasteiger charge is 2.33. The predicted octanol–water partition coefficient (Wildman–Crippen LogP) is 4.74. The molecule has 1 aliphatic carbocycles. The molecule has 8 nitrogen and oxygen atoms in total. The third-order valence-corrected chi connectivity index (χ3v) is 7.24. The third-order valence-electron chi connectivity index (χ3n) is 7.01. The van der Waals surface area contributed by atoms with E-state index in [1.807, 2.05) is 30.3 Å². The average Bonchev–Trinajstić information content (AvgIpc) is 2.97. The van der Waals surface area contributed by atoms with Crippen LogP contribution in [0, 0.1) is 0 Å². The van der Waals surface area contributed by atoms with Crippen LogP contribution in [0.5, 0.6) is 0 Å². The molecule has 2 N–H and O–H groups in total. The molecule has 1 fully saturated rings. The molecule has 0 bridgehead atoms. The molecule has 1 aromatic heterocycles. The van der Waals surface area contributed by atoms with E-state index in [9.17, 15) is 14.4 Å². The molecule has 41 heavy (non-hydrogen) atoms. The van der Waals surface area contributed by atoms with Crippen molar-refractivity contribution in [3.05, 3.63) is 107 Å². The number of halogens is 2. The van der Waals surface area contributed by atoms with E-state index in [0.29, 0.717) is 54.0 Å². The van der Waals surface area contributed by atoms with Crippen LogP contribution in [0.2, 0.25) is 5.02 Å². The van der Waals surface area contributed by atoms with Gasteiger partial charge < -0.3 is 20.4 Å². The number of alkyl halides is 1. The highest BCUT2D eigenvalue weighted by atomic mass is 35.5. The number of pyridine rings is 1. The number of carbonyl (C=O) groups excluding carboxylic acids is 3. The van der Waals surface area contributed by atoms with Crippen LogP contribution in [-0.2, 0) is 4.79 Å². The summed E-state index contributed by atoms with van der Waals surface area (Å²) in [5, 5.41) is 5.55. The van der Waals surface area contributed by atoms with E-state index in [1.165, 1.54) is 18.2 Å². The largest absolute Gasteiger partial charge is 0.353 e. The minimum absolute atomic E-state index is 0.0443. The molecule has 10 heteroatoms. The number of aromatic nitrogens is 1. The van der Waals surface area contributed by atoms with Gasteiger partial charge in [-0.15, -0.1) is 0 Å². The quantitative estimate of drug-likeness (QED) is 0.416. The number of anilines is 1. The first-order valence-electron chi connectivity index (χ1n) is 13.2. The van der Waals surface area contributed by atoms with Gasteiger partial charge in [0.1, 0.15) is 5.82 Å². The number of amides is 3. The molecule has 2 heterocycles. The SMILES string of the molecule is CC(=O)N1CCN(c2ccc(C(=O)NC3=CC=CC(F)(NC(=O)c4cccc(Cl)c4)C3)c(-c3ccccc3)n2)CC1. The fraction of sp³-hybridized carbons (Fsp3) is 0.226. The monoisotopic (exact) mass is 573 g/mol. The lowest BCUT2D eigenvalue weighted by Crippen LogP contribution is -2.48. The molecule has 2 aromatic carbocycles. The highest BCUT2D eigenvalue weighted by Crippen LogP contribution is 2.28. The average molecular weight is 574 g/mol. The van der Waals surface area contributed by atoms with Crippen molar-refractivity contribution in [3.8, 4) is 11.3 Å². The van der Waals surface area contributed by atoms with Crippen LogP contribution < -0.4 is 15.5 Å². The number of allylic oxidation sites excluding steroid dienone is 2. The lowest BCUT2D eigenvalue weighted by atomic mass is 10.0. The summed E-state index contributed by atoms with van der Waals surface area (Å²) in [5.74, 6) is -2.53. The van der Waals surface area contributed by atoms with Crippen molar-refractivity contribution in [2.45, 2.75) is 19.1 Å². The van der Waals surface area contributed by atoms with Gasteiger partial charge in [0.15, 0.2) is 0 Å². The second-order valence-corrected chi connectivity index (χ2v) is 10.4. The summed E-state index contributed by atoms with van der Waals surface area (Å²) >= 11 is 5.97. The van der Waals surface area contributed by atoms with Crippen molar-refractivity contribution in [1.29, 1.82) is 0 Å². The first kappa shape index (κ1) is 28.0. The summed E-state index contributed by atoms with van der Waals surface area (Å²) in [6, 6.07) is 19.1. The van der Waals surface area contributed by atoms with Crippen LogP contribution in [0.25, 0.3) is 11.3 Å².